The Kier molecular flexibility index (Phi) is 5.16. The normalized spacial score (nSPS) is 19.7. The average Bonchev–Trinajstić information content (AvgIpc) is 3.06. The van der Waals surface area contributed by atoms with Crippen LogP contribution >= 0.6 is 0 Å². The largest absolute Gasteiger partial charge is 0.493 e. The van der Waals surface area contributed by atoms with Gasteiger partial charge in [0.15, 0.2) is 5.75 Å². The molecular formula is C15H27N5O3. The number of aryl methyl sites for hydroxylation is 1. The summed E-state index contributed by atoms with van der Waals surface area (Å²) in [6, 6.07) is -0.148. The summed E-state index contributed by atoms with van der Waals surface area (Å²) in [5.74, 6) is 6.63. The van der Waals surface area contributed by atoms with Gasteiger partial charge < -0.3 is 14.4 Å². The Hall–Kier alpha value is -1.80. The molecule has 3 N–H and O–H groups in total. The van der Waals surface area contributed by atoms with Crippen LogP contribution in [0.25, 0.3) is 0 Å². The molecule has 0 spiro atoms. The summed E-state index contributed by atoms with van der Waals surface area (Å²) in [6.07, 6.45) is 2.22. The molecular weight excluding hydrogens is 298 g/mol. The molecule has 130 valence electrons. The first-order valence-corrected chi connectivity index (χ1v) is 7.76. The molecule has 0 radical (unpaired) electrons. The second kappa shape index (κ2) is 6.76. The van der Waals surface area contributed by atoms with E-state index in [9.17, 15) is 4.79 Å². The zero-order chi connectivity index (χ0) is 17.2. The molecule has 0 aliphatic carbocycles. The van der Waals surface area contributed by atoms with Gasteiger partial charge in [-0.1, -0.05) is 0 Å². The molecule has 1 aromatic rings. The van der Waals surface area contributed by atoms with E-state index >= 15 is 0 Å². The number of rotatable bonds is 4. The zero-order valence-corrected chi connectivity index (χ0v) is 14.5. The van der Waals surface area contributed by atoms with E-state index in [0.717, 1.165) is 12.1 Å². The molecule has 8 nitrogen and oxygen atoms in total. The first kappa shape index (κ1) is 17.6. The number of hydrazine groups is 1. The van der Waals surface area contributed by atoms with E-state index in [2.05, 4.69) is 10.5 Å². The van der Waals surface area contributed by atoms with Crippen LogP contribution in [0.3, 0.4) is 0 Å². The van der Waals surface area contributed by atoms with Gasteiger partial charge in [-0.05, 0) is 27.2 Å². The van der Waals surface area contributed by atoms with Gasteiger partial charge in [0.25, 0.3) is 0 Å². The minimum absolute atomic E-state index is 0.148. The van der Waals surface area contributed by atoms with Gasteiger partial charge in [0.1, 0.15) is 5.60 Å². The van der Waals surface area contributed by atoms with E-state index in [0.29, 0.717) is 18.8 Å². The standard InChI is InChI=1S/C15H27N5O3/c1-15(2,3)23-14(21)20-7-6-10(9-20)12(18-16)13-11(22-5)8-17-19(13)4/h8,10,12,18H,6-7,9,16H2,1-5H3. The summed E-state index contributed by atoms with van der Waals surface area (Å²) in [7, 11) is 3.46. The second-order valence-corrected chi connectivity index (χ2v) is 6.84. The van der Waals surface area contributed by atoms with E-state index in [1.54, 1.807) is 22.9 Å². The summed E-state index contributed by atoms with van der Waals surface area (Å²) in [4.78, 5) is 13.9. The van der Waals surface area contributed by atoms with Crippen molar-refractivity contribution in [3.63, 3.8) is 0 Å². The van der Waals surface area contributed by atoms with Gasteiger partial charge in [0.2, 0.25) is 0 Å². The molecule has 1 aliphatic heterocycles. The zero-order valence-electron chi connectivity index (χ0n) is 14.5. The van der Waals surface area contributed by atoms with Gasteiger partial charge in [-0.25, -0.2) is 4.79 Å². The minimum Gasteiger partial charge on any atom is -0.493 e. The van der Waals surface area contributed by atoms with E-state index in [1.165, 1.54) is 0 Å². The number of methoxy groups -OCH3 is 1. The lowest BCUT2D eigenvalue weighted by Crippen LogP contribution is -2.39. The van der Waals surface area contributed by atoms with E-state index in [-0.39, 0.29) is 18.1 Å². The van der Waals surface area contributed by atoms with Crippen LogP contribution in [0.15, 0.2) is 6.20 Å². The molecule has 0 bridgehead atoms. The Morgan fingerprint density at radius 1 is 1.52 bits per heavy atom. The van der Waals surface area contributed by atoms with E-state index in [4.69, 9.17) is 15.3 Å². The van der Waals surface area contributed by atoms with Gasteiger partial charge in [-0.15, -0.1) is 0 Å². The lowest BCUT2D eigenvalue weighted by atomic mass is 9.96. The fourth-order valence-corrected chi connectivity index (χ4v) is 2.93. The number of hydrogen-bond acceptors (Lipinski definition) is 6. The molecule has 23 heavy (non-hydrogen) atoms. The number of carbonyl (C=O) groups is 1. The molecule has 1 amide bonds. The number of likely N-dealkylation sites (tertiary alicyclic amines) is 1. The first-order valence-electron chi connectivity index (χ1n) is 7.76. The highest BCUT2D eigenvalue weighted by Gasteiger charge is 2.36. The third-order valence-corrected chi connectivity index (χ3v) is 3.99. The second-order valence-electron chi connectivity index (χ2n) is 6.84. The maximum absolute atomic E-state index is 12.2. The third kappa shape index (κ3) is 3.94. The maximum atomic E-state index is 12.2. The lowest BCUT2D eigenvalue weighted by molar-refractivity contribution is 0.0285. The number of nitrogens with zero attached hydrogens (tertiary/aromatic N) is 3. The fraction of sp³-hybridized carbons (Fsp3) is 0.733. The monoisotopic (exact) mass is 325 g/mol. The number of hydrogen-bond donors (Lipinski definition) is 2. The number of nitrogens with two attached hydrogens (primary N) is 1. The fourth-order valence-electron chi connectivity index (χ4n) is 2.93. The van der Waals surface area contributed by atoms with Crippen LogP contribution in [0.5, 0.6) is 5.75 Å². The predicted octanol–water partition coefficient (Wildman–Crippen LogP) is 1.19. The Balaban J connectivity index is 2.10. The number of carbonyl (C=O) groups excluding carboxylic acids is 1. The smallest absolute Gasteiger partial charge is 0.410 e. The van der Waals surface area contributed by atoms with Crippen LogP contribution in [0.4, 0.5) is 4.79 Å². The maximum Gasteiger partial charge on any atom is 0.410 e. The number of aromatic nitrogens is 2. The number of nitrogens with one attached hydrogen (secondary N) is 1. The van der Waals surface area contributed by atoms with Crippen LogP contribution in [-0.4, -0.2) is 46.6 Å². The highest BCUT2D eigenvalue weighted by molar-refractivity contribution is 5.68. The lowest BCUT2D eigenvalue weighted by Gasteiger charge is -2.26. The van der Waals surface area contributed by atoms with Crippen molar-refractivity contribution in [3.8, 4) is 5.75 Å². The van der Waals surface area contributed by atoms with Gasteiger partial charge in [0.05, 0.1) is 25.0 Å². The SMILES string of the molecule is COc1cnn(C)c1C(NN)C1CCN(C(=O)OC(C)(C)C)C1. The highest BCUT2D eigenvalue weighted by atomic mass is 16.6. The van der Waals surface area contributed by atoms with Crippen LogP contribution in [0.2, 0.25) is 0 Å². The van der Waals surface area contributed by atoms with Crippen LogP contribution in [0.1, 0.15) is 38.9 Å². The van der Waals surface area contributed by atoms with E-state index in [1.807, 2.05) is 27.8 Å². The third-order valence-electron chi connectivity index (χ3n) is 3.99. The van der Waals surface area contributed by atoms with Crippen molar-refractivity contribution in [2.24, 2.45) is 18.8 Å². The molecule has 1 aromatic heterocycles. The van der Waals surface area contributed by atoms with Crippen molar-refractivity contribution >= 4 is 6.09 Å². The van der Waals surface area contributed by atoms with Gasteiger partial charge in [0, 0.05) is 26.1 Å². The minimum atomic E-state index is -0.494. The van der Waals surface area contributed by atoms with Crippen molar-refractivity contribution in [1.82, 2.24) is 20.1 Å². The van der Waals surface area contributed by atoms with Crippen LogP contribution in [0, 0.1) is 5.92 Å². The summed E-state index contributed by atoms with van der Waals surface area (Å²) in [5, 5.41) is 4.22. The Labute approximate surface area is 136 Å². The number of ether oxygens (including phenoxy) is 2. The summed E-state index contributed by atoms with van der Waals surface area (Å²) >= 11 is 0. The summed E-state index contributed by atoms with van der Waals surface area (Å²) < 4.78 is 12.5. The average molecular weight is 325 g/mol. The highest BCUT2D eigenvalue weighted by Crippen LogP contribution is 2.34. The predicted molar refractivity (Wildman–Crippen MR) is 85.7 cm³/mol. The van der Waals surface area contributed by atoms with Crippen molar-refractivity contribution < 1.29 is 14.3 Å². The molecule has 2 unspecified atom stereocenters. The molecule has 1 aliphatic rings. The van der Waals surface area contributed by atoms with Gasteiger partial charge >= 0.3 is 6.09 Å². The van der Waals surface area contributed by atoms with Crippen molar-refractivity contribution in [2.75, 3.05) is 20.2 Å². The van der Waals surface area contributed by atoms with Crippen molar-refractivity contribution in [2.45, 2.75) is 38.8 Å². The molecule has 1 fully saturated rings. The van der Waals surface area contributed by atoms with Crippen LogP contribution < -0.4 is 16.0 Å². The molecule has 8 heteroatoms. The molecule has 0 aromatic carbocycles. The quantitative estimate of drug-likeness (QED) is 0.638. The number of amides is 1. The molecule has 1 saturated heterocycles. The first-order chi connectivity index (χ1) is 10.8. The molecule has 2 heterocycles. The molecule has 0 saturated carbocycles. The Morgan fingerprint density at radius 2 is 2.22 bits per heavy atom. The van der Waals surface area contributed by atoms with Crippen LogP contribution in [-0.2, 0) is 11.8 Å². The van der Waals surface area contributed by atoms with Crippen molar-refractivity contribution in [1.29, 1.82) is 0 Å². The topological polar surface area (TPSA) is 94.6 Å². The van der Waals surface area contributed by atoms with Gasteiger partial charge in [-0.3, -0.25) is 16.0 Å². The Bertz CT molecular complexity index is 552. The van der Waals surface area contributed by atoms with Gasteiger partial charge in [-0.2, -0.15) is 5.10 Å². The molecule has 2 rings (SSSR count). The van der Waals surface area contributed by atoms with Crippen molar-refractivity contribution in [3.05, 3.63) is 11.9 Å². The Morgan fingerprint density at radius 3 is 2.78 bits per heavy atom. The van der Waals surface area contributed by atoms with E-state index < -0.39 is 5.60 Å². The summed E-state index contributed by atoms with van der Waals surface area (Å²) in [6.45, 7) is 6.83. The molecule has 2 atom stereocenters. The summed E-state index contributed by atoms with van der Waals surface area (Å²) in [5.41, 5.74) is 3.24.